The zero-order valence-electron chi connectivity index (χ0n) is 9.91. The summed E-state index contributed by atoms with van der Waals surface area (Å²) in [6.07, 6.45) is 2.75. The largest absolute Gasteiger partial charge is 0.388 e. The lowest BCUT2D eigenvalue weighted by Gasteiger charge is -2.20. The molecule has 0 fully saturated rings. The van der Waals surface area contributed by atoms with Crippen LogP contribution in [0.2, 0.25) is 5.02 Å². The third kappa shape index (κ3) is 2.41. The van der Waals surface area contributed by atoms with E-state index in [4.69, 9.17) is 11.6 Å². The van der Waals surface area contributed by atoms with Crippen molar-refractivity contribution in [2.75, 3.05) is 0 Å². The molecule has 88 valence electrons. The number of aliphatic hydroxyl groups is 1. The maximum Gasteiger partial charge on any atom is 0.0796 e. The van der Waals surface area contributed by atoms with Gasteiger partial charge in [0, 0.05) is 5.02 Å². The molecule has 1 unspecified atom stereocenters. The highest BCUT2D eigenvalue weighted by molar-refractivity contribution is 6.30. The molecule has 1 aromatic carbocycles. The first kappa shape index (κ1) is 11.9. The Balaban J connectivity index is 2.28. The number of benzene rings is 1. The van der Waals surface area contributed by atoms with Gasteiger partial charge in [-0.2, -0.15) is 0 Å². The average Bonchev–Trinajstić information content (AvgIpc) is 2.39. The van der Waals surface area contributed by atoms with Crippen LogP contribution in [0.1, 0.15) is 43.9 Å². The maximum absolute atomic E-state index is 10.2. The minimum Gasteiger partial charge on any atom is -0.388 e. The first-order chi connectivity index (χ1) is 7.58. The number of aryl methyl sites for hydroxylation is 1. The Morgan fingerprint density at radius 2 is 2.12 bits per heavy atom. The van der Waals surface area contributed by atoms with Crippen molar-refractivity contribution in [1.82, 2.24) is 0 Å². The maximum atomic E-state index is 10.2. The number of aliphatic hydroxyl groups excluding tert-OH is 1. The highest BCUT2D eigenvalue weighted by Crippen LogP contribution is 2.36. The molecular weight excluding hydrogens is 220 g/mol. The quantitative estimate of drug-likeness (QED) is 0.734. The van der Waals surface area contributed by atoms with Crippen LogP contribution >= 0.6 is 11.6 Å². The van der Waals surface area contributed by atoms with Crippen LogP contribution in [-0.4, -0.2) is 5.11 Å². The van der Waals surface area contributed by atoms with E-state index in [1.54, 1.807) is 0 Å². The summed E-state index contributed by atoms with van der Waals surface area (Å²) < 4.78 is 0. The van der Waals surface area contributed by atoms with Crippen LogP contribution in [0.25, 0.3) is 0 Å². The number of halogens is 1. The van der Waals surface area contributed by atoms with Crippen LogP contribution in [0.15, 0.2) is 18.2 Å². The van der Waals surface area contributed by atoms with Crippen molar-refractivity contribution in [2.24, 2.45) is 11.8 Å². The van der Waals surface area contributed by atoms with Crippen molar-refractivity contribution < 1.29 is 5.11 Å². The van der Waals surface area contributed by atoms with E-state index in [1.807, 2.05) is 12.1 Å². The predicted octanol–water partition coefficient (Wildman–Crippen LogP) is 3.98. The summed E-state index contributed by atoms with van der Waals surface area (Å²) in [6.45, 7) is 4.47. The predicted molar refractivity (Wildman–Crippen MR) is 67.7 cm³/mol. The molecule has 0 saturated heterocycles. The number of rotatable bonds is 1. The van der Waals surface area contributed by atoms with Gasteiger partial charge in [-0.25, -0.2) is 0 Å². The van der Waals surface area contributed by atoms with Crippen molar-refractivity contribution in [1.29, 1.82) is 0 Å². The van der Waals surface area contributed by atoms with Crippen LogP contribution in [0, 0.1) is 11.8 Å². The summed E-state index contributed by atoms with van der Waals surface area (Å²) in [5.74, 6) is 1.25. The molecule has 0 aromatic heterocycles. The Hall–Kier alpha value is -0.530. The van der Waals surface area contributed by atoms with Crippen molar-refractivity contribution in [2.45, 2.75) is 39.2 Å². The molecule has 1 aliphatic carbocycles. The van der Waals surface area contributed by atoms with Crippen LogP contribution in [0.4, 0.5) is 0 Å². The van der Waals surface area contributed by atoms with Gasteiger partial charge in [0.1, 0.15) is 0 Å². The molecule has 2 rings (SSSR count). The second kappa shape index (κ2) is 4.77. The van der Waals surface area contributed by atoms with Gasteiger partial charge in [0.2, 0.25) is 0 Å². The molecule has 0 bridgehead atoms. The number of fused-ring (bicyclic) bond motifs is 1. The minimum absolute atomic E-state index is 0.344. The van der Waals surface area contributed by atoms with E-state index >= 15 is 0 Å². The van der Waals surface area contributed by atoms with Crippen molar-refractivity contribution in [3.63, 3.8) is 0 Å². The highest BCUT2D eigenvalue weighted by atomic mass is 35.5. The normalized spacial score (nSPS) is 25.3. The summed E-state index contributed by atoms with van der Waals surface area (Å²) in [5.41, 5.74) is 2.30. The zero-order chi connectivity index (χ0) is 11.7. The fraction of sp³-hybridized carbons (Fsp3) is 0.571. The first-order valence-corrected chi connectivity index (χ1v) is 6.42. The van der Waals surface area contributed by atoms with Gasteiger partial charge in [0.05, 0.1) is 6.10 Å². The molecule has 0 spiro atoms. The van der Waals surface area contributed by atoms with Crippen LogP contribution < -0.4 is 0 Å². The van der Waals surface area contributed by atoms with Gasteiger partial charge in [0.25, 0.3) is 0 Å². The number of hydrogen-bond acceptors (Lipinski definition) is 1. The first-order valence-electron chi connectivity index (χ1n) is 6.04. The van der Waals surface area contributed by atoms with E-state index in [9.17, 15) is 5.11 Å². The smallest absolute Gasteiger partial charge is 0.0796 e. The van der Waals surface area contributed by atoms with Gasteiger partial charge in [-0.15, -0.1) is 0 Å². The van der Waals surface area contributed by atoms with E-state index in [0.29, 0.717) is 11.8 Å². The Bertz CT molecular complexity index is 373. The van der Waals surface area contributed by atoms with E-state index in [1.165, 1.54) is 12.0 Å². The zero-order valence-corrected chi connectivity index (χ0v) is 10.7. The molecule has 2 atom stereocenters. The van der Waals surface area contributed by atoms with E-state index in [-0.39, 0.29) is 6.10 Å². The fourth-order valence-electron chi connectivity index (χ4n) is 2.58. The fourth-order valence-corrected chi connectivity index (χ4v) is 2.76. The Morgan fingerprint density at radius 1 is 1.38 bits per heavy atom. The lowest BCUT2D eigenvalue weighted by atomic mass is 9.88. The summed E-state index contributed by atoms with van der Waals surface area (Å²) >= 11 is 5.98. The van der Waals surface area contributed by atoms with Crippen molar-refractivity contribution in [3.05, 3.63) is 34.3 Å². The molecule has 0 heterocycles. The topological polar surface area (TPSA) is 20.2 Å². The van der Waals surface area contributed by atoms with E-state index in [2.05, 4.69) is 19.9 Å². The second-order valence-electron chi connectivity index (χ2n) is 5.14. The van der Waals surface area contributed by atoms with Crippen molar-refractivity contribution in [3.8, 4) is 0 Å². The van der Waals surface area contributed by atoms with Crippen LogP contribution in [-0.2, 0) is 6.42 Å². The van der Waals surface area contributed by atoms with Gasteiger partial charge in [-0.3, -0.25) is 0 Å². The van der Waals surface area contributed by atoms with Crippen LogP contribution in [0.3, 0.4) is 0 Å². The Morgan fingerprint density at radius 3 is 2.81 bits per heavy atom. The molecule has 1 aliphatic rings. The third-order valence-corrected chi connectivity index (χ3v) is 3.96. The molecule has 1 N–H and O–H groups in total. The summed E-state index contributed by atoms with van der Waals surface area (Å²) in [5, 5.41) is 10.9. The molecule has 0 saturated carbocycles. The summed E-state index contributed by atoms with van der Waals surface area (Å²) in [4.78, 5) is 0. The van der Waals surface area contributed by atoms with Crippen molar-refractivity contribution >= 4 is 11.6 Å². The molecule has 16 heavy (non-hydrogen) atoms. The second-order valence-corrected chi connectivity index (χ2v) is 5.57. The summed E-state index contributed by atoms with van der Waals surface area (Å²) in [6, 6.07) is 5.90. The molecule has 2 heteroatoms. The van der Waals surface area contributed by atoms with Crippen LogP contribution in [0.5, 0.6) is 0 Å². The monoisotopic (exact) mass is 238 g/mol. The lowest BCUT2D eigenvalue weighted by molar-refractivity contribution is 0.132. The molecule has 1 aromatic rings. The SMILES string of the molecule is CC(C)[C@H]1CCc2ccc(Cl)cc2C(O)C1. The Labute approximate surface area is 102 Å². The van der Waals surface area contributed by atoms with Gasteiger partial charge in [-0.1, -0.05) is 31.5 Å². The van der Waals surface area contributed by atoms with Gasteiger partial charge >= 0.3 is 0 Å². The van der Waals surface area contributed by atoms with Gasteiger partial charge < -0.3 is 5.11 Å². The van der Waals surface area contributed by atoms with E-state index in [0.717, 1.165) is 23.4 Å². The lowest BCUT2D eigenvalue weighted by Crippen LogP contribution is -2.11. The molecule has 0 aliphatic heterocycles. The summed E-state index contributed by atoms with van der Waals surface area (Å²) in [7, 11) is 0. The third-order valence-electron chi connectivity index (χ3n) is 3.72. The van der Waals surface area contributed by atoms with Gasteiger partial charge in [-0.05, 0) is 54.4 Å². The molecule has 0 radical (unpaired) electrons. The highest BCUT2D eigenvalue weighted by Gasteiger charge is 2.24. The average molecular weight is 239 g/mol. The molecule has 0 amide bonds. The standard InChI is InChI=1S/C14H19ClO/c1-9(2)11-4-3-10-5-6-12(15)8-13(10)14(16)7-11/h5-6,8-9,11,14,16H,3-4,7H2,1-2H3/t11-,14?/m0/s1. The number of hydrogen-bond donors (Lipinski definition) is 1. The van der Waals surface area contributed by atoms with Gasteiger partial charge in [0.15, 0.2) is 0 Å². The molecular formula is C14H19ClO. The molecule has 1 nitrogen and oxygen atoms in total. The van der Waals surface area contributed by atoms with E-state index < -0.39 is 0 Å². The Kier molecular flexibility index (Phi) is 3.56. The minimum atomic E-state index is -0.344.